The predicted octanol–water partition coefficient (Wildman–Crippen LogP) is 2.09. The fraction of sp³-hybridized carbons (Fsp3) is 0.400. The van der Waals surface area contributed by atoms with Crippen LogP contribution < -0.4 is 10.9 Å². The summed E-state index contributed by atoms with van der Waals surface area (Å²) in [5.41, 5.74) is 2.35. The number of nitrogens with two attached hydrogens (primary N) is 1. The van der Waals surface area contributed by atoms with E-state index in [0.717, 1.165) is 18.7 Å². The minimum Gasteiger partial charge on any atom is -0.311 e. The molecule has 0 saturated carbocycles. The Hall–Kier alpha value is -1.02. The van der Waals surface area contributed by atoms with Crippen LogP contribution >= 0.6 is 0 Å². The number of hydrogen-bond donors (Lipinski definition) is 1. The van der Waals surface area contributed by atoms with E-state index >= 15 is 0 Å². The molecule has 2 nitrogen and oxygen atoms in total. The molecule has 0 radical (unpaired) electrons. The first-order valence-electron chi connectivity index (χ1n) is 4.33. The van der Waals surface area contributed by atoms with Crippen LogP contribution in [-0.2, 0) is 0 Å². The summed E-state index contributed by atoms with van der Waals surface area (Å²) in [4.78, 5) is 0. The predicted molar refractivity (Wildman–Crippen MR) is 53.0 cm³/mol. The number of anilines is 1. The van der Waals surface area contributed by atoms with E-state index in [0.29, 0.717) is 0 Å². The molecule has 0 amide bonds. The average molecular weight is 164 g/mol. The third kappa shape index (κ3) is 2.24. The molecule has 0 spiro atoms. The quantitative estimate of drug-likeness (QED) is 0.547. The Morgan fingerprint density at radius 2 is 1.83 bits per heavy atom. The minimum absolute atomic E-state index is 0.906. The fourth-order valence-electron chi connectivity index (χ4n) is 1.11. The lowest BCUT2D eigenvalue weighted by molar-refractivity contribution is 0.805. The Kier molecular flexibility index (Phi) is 3.11. The van der Waals surface area contributed by atoms with E-state index in [2.05, 4.69) is 26.0 Å². The number of benzene rings is 1. The van der Waals surface area contributed by atoms with Crippen molar-refractivity contribution >= 4 is 5.69 Å². The Labute approximate surface area is 74.0 Å². The van der Waals surface area contributed by atoms with E-state index in [1.807, 2.05) is 12.1 Å². The van der Waals surface area contributed by atoms with Crippen molar-refractivity contribution in [3.05, 3.63) is 29.8 Å². The minimum atomic E-state index is 0.906. The van der Waals surface area contributed by atoms with Crippen LogP contribution in [0.4, 0.5) is 5.69 Å². The molecule has 1 aromatic carbocycles. The lowest BCUT2D eigenvalue weighted by Gasteiger charge is -2.17. The molecule has 0 heterocycles. The highest BCUT2D eigenvalue weighted by atomic mass is 15.4. The van der Waals surface area contributed by atoms with Crippen molar-refractivity contribution in [2.24, 2.45) is 5.84 Å². The summed E-state index contributed by atoms with van der Waals surface area (Å²) in [5.74, 6) is 5.79. The van der Waals surface area contributed by atoms with Gasteiger partial charge < -0.3 is 5.01 Å². The van der Waals surface area contributed by atoms with Crippen molar-refractivity contribution in [3.8, 4) is 0 Å². The molecule has 1 rings (SSSR count). The molecule has 0 aliphatic rings. The molecule has 0 saturated heterocycles. The summed E-state index contributed by atoms with van der Waals surface area (Å²) < 4.78 is 0. The van der Waals surface area contributed by atoms with Crippen LogP contribution in [0.2, 0.25) is 0 Å². The van der Waals surface area contributed by atoms with E-state index < -0.39 is 0 Å². The van der Waals surface area contributed by atoms with Gasteiger partial charge >= 0.3 is 0 Å². The zero-order chi connectivity index (χ0) is 8.97. The second-order valence-electron chi connectivity index (χ2n) is 3.03. The van der Waals surface area contributed by atoms with Gasteiger partial charge in [0.2, 0.25) is 0 Å². The first-order chi connectivity index (χ1) is 5.74. The van der Waals surface area contributed by atoms with Crippen molar-refractivity contribution in [2.75, 3.05) is 11.6 Å². The maximum atomic E-state index is 5.79. The third-order valence-electron chi connectivity index (χ3n) is 1.83. The van der Waals surface area contributed by atoms with Gasteiger partial charge in [0.25, 0.3) is 0 Å². The maximum Gasteiger partial charge on any atom is 0.0517 e. The summed E-state index contributed by atoms with van der Waals surface area (Å²) in [6.07, 6.45) is 1.07. The number of hydrogen-bond acceptors (Lipinski definition) is 2. The molecule has 2 heteroatoms. The first-order valence-corrected chi connectivity index (χ1v) is 4.33. The topological polar surface area (TPSA) is 29.3 Å². The second kappa shape index (κ2) is 4.12. The molecule has 0 aliphatic carbocycles. The molecule has 1 aromatic rings. The van der Waals surface area contributed by atoms with Gasteiger partial charge in [-0.2, -0.15) is 0 Å². The molecule has 0 aliphatic heterocycles. The molecule has 0 atom stereocenters. The van der Waals surface area contributed by atoms with Gasteiger partial charge in [-0.05, 0) is 25.5 Å². The maximum absolute atomic E-state index is 5.79. The van der Waals surface area contributed by atoms with Crippen LogP contribution in [0, 0.1) is 6.92 Å². The van der Waals surface area contributed by atoms with Crippen LogP contribution in [0.15, 0.2) is 24.3 Å². The molecule has 0 bridgehead atoms. The van der Waals surface area contributed by atoms with Gasteiger partial charge in [0.15, 0.2) is 0 Å². The zero-order valence-corrected chi connectivity index (χ0v) is 7.75. The Balaban J connectivity index is 2.68. The summed E-state index contributed by atoms with van der Waals surface area (Å²) in [6.45, 7) is 5.10. The first kappa shape index (κ1) is 9.07. The molecule has 2 N–H and O–H groups in total. The van der Waals surface area contributed by atoms with Gasteiger partial charge in [-0.3, -0.25) is 0 Å². The van der Waals surface area contributed by atoms with Crippen molar-refractivity contribution in [1.82, 2.24) is 0 Å². The lowest BCUT2D eigenvalue weighted by atomic mass is 10.2. The standard InChI is InChI=1S/C10H16N2/c1-3-8-12(11)10-6-4-9(2)5-7-10/h4-7H,3,8,11H2,1-2H3. The van der Waals surface area contributed by atoms with Gasteiger partial charge in [0.05, 0.1) is 5.69 Å². The molecular formula is C10H16N2. The van der Waals surface area contributed by atoms with E-state index in [1.54, 1.807) is 5.01 Å². The highest BCUT2D eigenvalue weighted by Crippen LogP contribution is 2.11. The van der Waals surface area contributed by atoms with E-state index in [1.165, 1.54) is 5.56 Å². The average Bonchev–Trinajstić information content (AvgIpc) is 2.06. The van der Waals surface area contributed by atoms with Crippen LogP contribution in [0.1, 0.15) is 18.9 Å². The van der Waals surface area contributed by atoms with Crippen molar-refractivity contribution < 1.29 is 0 Å². The summed E-state index contributed by atoms with van der Waals surface area (Å²) in [5, 5.41) is 1.78. The van der Waals surface area contributed by atoms with Gasteiger partial charge in [-0.1, -0.05) is 24.6 Å². The molecule has 0 unspecified atom stereocenters. The lowest BCUT2D eigenvalue weighted by Crippen LogP contribution is -2.31. The molecule has 0 fully saturated rings. The number of hydrazine groups is 1. The second-order valence-corrected chi connectivity index (χ2v) is 3.03. The van der Waals surface area contributed by atoms with Crippen molar-refractivity contribution in [2.45, 2.75) is 20.3 Å². The highest BCUT2D eigenvalue weighted by Gasteiger charge is 1.97. The van der Waals surface area contributed by atoms with Crippen molar-refractivity contribution in [3.63, 3.8) is 0 Å². The number of aryl methyl sites for hydroxylation is 1. The SMILES string of the molecule is CCCN(N)c1ccc(C)cc1. The molecule has 0 aromatic heterocycles. The molecule has 12 heavy (non-hydrogen) atoms. The smallest absolute Gasteiger partial charge is 0.0517 e. The monoisotopic (exact) mass is 164 g/mol. The highest BCUT2D eigenvalue weighted by molar-refractivity contribution is 5.45. The van der Waals surface area contributed by atoms with Crippen LogP contribution in [-0.4, -0.2) is 6.54 Å². The van der Waals surface area contributed by atoms with Crippen LogP contribution in [0.5, 0.6) is 0 Å². The Morgan fingerprint density at radius 3 is 2.33 bits per heavy atom. The van der Waals surface area contributed by atoms with Gasteiger partial charge in [0, 0.05) is 6.54 Å². The van der Waals surface area contributed by atoms with E-state index in [9.17, 15) is 0 Å². The summed E-state index contributed by atoms with van der Waals surface area (Å²) >= 11 is 0. The van der Waals surface area contributed by atoms with Crippen LogP contribution in [0.25, 0.3) is 0 Å². The molecular weight excluding hydrogens is 148 g/mol. The Bertz CT molecular complexity index is 228. The fourth-order valence-corrected chi connectivity index (χ4v) is 1.11. The number of rotatable bonds is 3. The third-order valence-corrected chi connectivity index (χ3v) is 1.83. The Morgan fingerprint density at radius 1 is 1.25 bits per heavy atom. The van der Waals surface area contributed by atoms with Crippen molar-refractivity contribution in [1.29, 1.82) is 0 Å². The molecule has 66 valence electrons. The largest absolute Gasteiger partial charge is 0.311 e. The van der Waals surface area contributed by atoms with E-state index in [-0.39, 0.29) is 0 Å². The van der Waals surface area contributed by atoms with Gasteiger partial charge in [0.1, 0.15) is 0 Å². The summed E-state index contributed by atoms with van der Waals surface area (Å²) in [6, 6.07) is 8.24. The normalized spacial score (nSPS) is 9.92. The summed E-state index contributed by atoms with van der Waals surface area (Å²) in [7, 11) is 0. The zero-order valence-electron chi connectivity index (χ0n) is 7.75. The number of nitrogens with zero attached hydrogens (tertiary/aromatic N) is 1. The van der Waals surface area contributed by atoms with Gasteiger partial charge in [-0.25, -0.2) is 5.84 Å². The van der Waals surface area contributed by atoms with Crippen LogP contribution in [0.3, 0.4) is 0 Å². The van der Waals surface area contributed by atoms with E-state index in [4.69, 9.17) is 5.84 Å². The van der Waals surface area contributed by atoms with Gasteiger partial charge in [-0.15, -0.1) is 0 Å².